The number of carbonyl (C=O) groups is 1. The number of hydrogen-bond acceptors (Lipinski definition) is 4. The molecule has 0 heterocycles. The first-order chi connectivity index (χ1) is 9.05. The van der Waals surface area contributed by atoms with Crippen molar-refractivity contribution >= 4 is 21.4 Å². The highest BCUT2D eigenvalue weighted by atomic mass is 32.2. The molecule has 0 unspecified atom stereocenters. The number of amides is 1. The van der Waals surface area contributed by atoms with E-state index in [0.717, 1.165) is 12.1 Å². The number of rotatable bonds is 4. The van der Waals surface area contributed by atoms with Crippen LogP contribution < -0.4 is 5.32 Å². The molecule has 0 aliphatic heterocycles. The standard InChI is InChI=1S/C11H13F3N2O3S/c1-16(2)10(17)7-15-8-3-5-9(6-4-8)20(18,19)11(12,13)14/h3-6,15H,7H2,1-2H3. The molecule has 5 nitrogen and oxygen atoms in total. The third-order valence-corrected chi connectivity index (χ3v) is 3.91. The Labute approximate surface area is 114 Å². The summed E-state index contributed by atoms with van der Waals surface area (Å²) in [5.74, 6) is -0.225. The monoisotopic (exact) mass is 310 g/mol. The molecule has 0 aliphatic rings. The first-order valence-electron chi connectivity index (χ1n) is 5.41. The fourth-order valence-electron chi connectivity index (χ4n) is 1.22. The Morgan fingerprint density at radius 3 is 2.10 bits per heavy atom. The van der Waals surface area contributed by atoms with E-state index in [0.29, 0.717) is 5.69 Å². The molecule has 20 heavy (non-hydrogen) atoms. The van der Waals surface area contributed by atoms with Gasteiger partial charge in [0.1, 0.15) is 0 Å². The number of nitrogens with one attached hydrogen (secondary N) is 1. The average molecular weight is 310 g/mol. The summed E-state index contributed by atoms with van der Waals surface area (Å²) in [4.78, 5) is 11.8. The Morgan fingerprint density at radius 2 is 1.70 bits per heavy atom. The summed E-state index contributed by atoms with van der Waals surface area (Å²) in [6, 6.07) is 4.01. The van der Waals surface area contributed by atoms with Gasteiger partial charge in [-0.1, -0.05) is 0 Å². The summed E-state index contributed by atoms with van der Waals surface area (Å²) >= 11 is 0. The third-order valence-electron chi connectivity index (χ3n) is 2.41. The molecular formula is C11H13F3N2O3S. The largest absolute Gasteiger partial charge is 0.501 e. The Kier molecular flexibility index (Phi) is 4.64. The molecule has 1 rings (SSSR count). The minimum atomic E-state index is -5.34. The molecule has 0 aromatic heterocycles. The van der Waals surface area contributed by atoms with Crippen LogP contribution in [0.1, 0.15) is 0 Å². The molecule has 0 bridgehead atoms. The highest BCUT2D eigenvalue weighted by Gasteiger charge is 2.46. The number of halogens is 3. The molecule has 0 fully saturated rings. The first-order valence-corrected chi connectivity index (χ1v) is 6.89. The third kappa shape index (κ3) is 3.62. The maximum atomic E-state index is 12.3. The van der Waals surface area contributed by atoms with Gasteiger partial charge in [0.2, 0.25) is 5.91 Å². The second-order valence-electron chi connectivity index (χ2n) is 4.12. The quantitative estimate of drug-likeness (QED) is 0.915. The molecule has 1 N–H and O–H groups in total. The normalized spacial score (nSPS) is 12.1. The maximum Gasteiger partial charge on any atom is 0.501 e. The minimum Gasteiger partial charge on any atom is -0.376 e. The number of hydrogen-bond donors (Lipinski definition) is 1. The smallest absolute Gasteiger partial charge is 0.376 e. The van der Waals surface area contributed by atoms with E-state index in [9.17, 15) is 26.4 Å². The molecule has 1 amide bonds. The predicted octanol–water partition coefficient (Wildman–Crippen LogP) is 1.48. The van der Waals surface area contributed by atoms with Gasteiger partial charge in [-0.05, 0) is 24.3 Å². The van der Waals surface area contributed by atoms with Crippen molar-refractivity contribution in [2.24, 2.45) is 0 Å². The van der Waals surface area contributed by atoms with E-state index in [4.69, 9.17) is 0 Å². The molecular weight excluding hydrogens is 297 g/mol. The van der Waals surface area contributed by atoms with Crippen molar-refractivity contribution in [1.29, 1.82) is 0 Å². The molecule has 0 spiro atoms. The number of carbonyl (C=O) groups excluding carboxylic acids is 1. The van der Waals surface area contributed by atoms with Crippen LogP contribution in [-0.2, 0) is 14.6 Å². The Morgan fingerprint density at radius 1 is 1.20 bits per heavy atom. The summed E-state index contributed by atoms with van der Waals surface area (Å²) in [5, 5.41) is 2.68. The first kappa shape index (κ1) is 16.3. The van der Waals surface area contributed by atoms with Crippen LogP contribution in [0, 0.1) is 0 Å². The van der Waals surface area contributed by atoms with Crippen LogP contribution in [0.2, 0.25) is 0 Å². The topological polar surface area (TPSA) is 66.5 Å². The van der Waals surface area contributed by atoms with Crippen molar-refractivity contribution in [1.82, 2.24) is 4.90 Å². The van der Waals surface area contributed by atoms with Gasteiger partial charge in [0, 0.05) is 19.8 Å². The van der Waals surface area contributed by atoms with E-state index in [-0.39, 0.29) is 12.5 Å². The van der Waals surface area contributed by atoms with Crippen LogP contribution in [0.25, 0.3) is 0 Å². The lowest BCUT2D eigenvalue weighted by molar-refractivity contribution is -0.126. The number of sulfone groups is 1. The summed E-state index contributed by atoms with van der Waals surface area (Å²) < 4.78 is 59.2. The zero-order chi connectivity index (χ0) is 15.6. The van der Waals surface area contributed by atoms with Gasteiger partial charge < -0.3 is 10.2 Å². The van der Waals surface area contributed by atoms with E-state index < -0.39 is 20.2 Å². The Bertz CT molecular complexity index is 580. The van der Waals surface area contributed by atoms with Crippen LogP contribution in [0.5, 0.6) is 0 Å². The van der Waals surface area contributed by atoms with Crippen LogP contribution >= 0.6 is 0 Å². The summed E-state index contributed by atoms with van der Waals surface area (Å²) in [7, 11) is -2.22. The summed E-state index contributed by atoms with van der Waals surface area (Å²) in [5.41, 5.74) is -4.98. The van der Waals surface area contributed by atoms with E-state index in [1.54, 1.807) is 14.1 Å². The van der Waals surface area contributed by atoms with Crippen LogP contribution in [-0.4, -0.2) is 45.4 Å². The number of nitrogens with zero attached hydrogens (tertiary/aromatic N) is 1. The molecule has 0 aliphatic carbocycles. The second kappa shape index (κ2) is 5.70. The van der Waals surface area contributed by atoms with Gasteiger partial charge in [-0.3, -0.25) is 4.79 Å². The van der Waals surface area contributed by atoms with Crippen molar-refractivity contribution < 1.29 is 26.4 Å². The van der Waals surface area contributed by atoms with E-state index in [1.165, 1.54) is 17.0 Å². The lowest BCUT2D eigenvalue weighted by Gasteiger charge is -2.12. The highest BCUT2D eigenvalue weighted by molar-refractivity contribution is 7.92. The SMILES string of the molecule is CN(C)C(=O)CNc1ccc(S(=O)(=O)C(F)(F)F)cc1. The van der Waals surface area contributed by atoms with Crippen molar-refractivity contribution in [3.63, 3.8) is 0 Å². The second-order valence-corrected chi connectivity index (χ2v) is 6.06. The van der Waals surface area contributed by atoms with E-state index >= 15 is 0 Å². The van der Waals surface area contributed by atoms with Gasteiger partial charge in [-0.25, -0.2) is 8.42 Å². The number of anilines is 1. The number of alkyl halides is 3. The molecule has 1 aromatic rings. The van der Waals surface area contributed by atoms with Crippen molar-refractivity contribution in [3.05, 3.63) is 24.3 Å². The fourth-order valence-corrected chi connectivity index (χ4v) is 1.98. The number of likely N-dealkylation sites (N-methyl/N-ethyl adjacent to an activating group) is 1. The molecule has 1 aromatic carbocycles. The summed E-state index contributed by atoms with van der Waals surface area (Å²) in [6.07, 6.45) is 0. The van der Waals surface area contributed by atoms with Crippen LogP contribution in [0.15, 0.2) is 29.2 Å². The zero-order valence-corrected chi connectivity index (χ0v) is 11.5. The van der Waals surface area contributed by atoms with Gasteiger partial charge in [0.15, 0.2) is 0 Å². The Balaban J connectivity index is 2.83. The van der Waals surface area contributed by atoms with E-state index in [2.05, 4.69) is 5.32 Å². The predicted molar refractivity (Wildman–Crippen MR) is 66.9 cm³/mol. The van der Waals surface area contributed by atoms with Gasteiger partial charge in [-0.2, -0.15) is 13.2 Å². The number of benzene rings is 1. The molecule has 0 atom stereocenters. The highest BCUT2D eigenvalue weighted by Crippen LogP contribution is 2.30. The lowest BCUT2D eigenvalue weighted by Crippen LogP contribution is -2.28. The molecule has 0 saturated heterocycles. The minimum absolute atomic E-state index is 0.0433. The van der Waals surface area contributed by atoms with Gasteiger partial charge in [0.05, 0.1) is 11.4 Å². The lowest BCUT2D eigenvalue weighted by atomic mass is 10.3. The average Bonchev–Trinajstić information content (AvgIpc) is 2.34. The van der Waals surface area contributed by atoms with Gasteiger partial charge in [0.25, 0.3) is 9.84 Å². The van der Waals surface area contributed by atoms with Crippen molar-refractivity contribution in [2.45, 2.75) is 10.4 Å². The Hall–Kier alpha value is -1.77. The van der Waals surface area contributed by atoms with Crippen LogP contribution in [0.4, 0.5) is 18.9 Å². The fraction of sp³-hybridized carbons (Fsp3) is 0.364. The maximum absolute atomic E-state index is 12.3. The van der Waals surface area contributed by atoms with Gasteiger partial charge >= 0.3 is 5.51 Å². The van der Waals surface area contributed by atoms with E-state index in [1.807, 2.05) is 0 Å². The van der Waals surface area contributed by atoms with Crippen molar-refractivity contribution in [3.8, 4) is 0 Å². The summed E-state index contributed by atoms with van der Waals surface area (Å²) in [6.45, 7) is -0.0433. The molecule has 9 heteroatoms. The van der Waals surface area contributed by atoms with Gasteiger partial charge in [-0.15, -0.1) is 0 Å². The molecule has 0 radical (unpaired) electrons. The molecule has 0 saturated carbocycles. The molecule has 112 valence electrons. The van der Waals surface area contributed by atoms with Crippen molar-refractivity contribution in [2.75, 3.05) is 26.0 Å². The zero-order valence-electron chi connectivity index (χ0n) is 10.7. The van der Waals surface area contributed by atoms with Crippen LogP contribution in [0.3, 0.4) is 0 Å².